The largest absolute Gasteiger partial charge is 0.243 e. The van der Waals surface area contributed by atoms with Crippen molar-refractivity contribution in [2.45, 2.75) is 52.9 Å². The fraction of sp³-hybridized carbons (Fsp3) is 0.167. The summed E-state index contributed by atoms with van der Waals surface area (Å²) in [5.41, 5.74) is 13.6. The SMILES string of the molecule is Cc1cc(C)c(C2(C3(c4cc(C)c(C)cc4C)N=C(c4ccccc4)C(c4ccccc4)=N3)N=C(c3ccccc3)C(c3ccccc3)=N2)cc1C. The second-order valence-electron chi connectivity index (χ2n) is 14.2. The van der Waals surface area contributed by atoms with Crippen LogP contribution in [-0.2, 0) is 11.3 Å². The molecule has 0 saturated heterocycles. The molecule has 0 aliphatic carbocycles. The van der Waals surface area contributed by atoms with Gasteiger partial charge in [0.1, 0.15) is 0 Å². The molecular formula is C48H42N4. The number of aliphatic imine (C=N–C) groups is 4. The van der Waals surface area contributed by atoms with Gasteiger partial charge in [0, 0.05) is 33.4 Å². The summed E-state index contributed by atoms with van der Waals surface area (Å²) in [6.45, 7) is 13.0. The molecule has 0 atom stereocenters. The molecule has 0 radical (unpaired) electrons. The number of benzene rings is 6. The topological polar surface area (TPSA) is 49.4 Å². The Hall–Kier alpha value is -6.00. The summed E-state index contributed by atoms with van der Waals surface area (Å²) < 4.78 is 0. The minimum Gasteiger partial charge on any atom is -0.243 e. The van der Waals surface area contributed by atoms with Crippen LogP contribution < -0.4 is 0 Å². The van der Waals surface area contributed by atoms with Crippen LogP contribution in [0.2, 0.25) is 0 Å². The summed E-state index contributed by atoms with van der Waals surface area (Å²) in [6, 6.07) is 50.8. The van der Waals surface area contributed by atoms with Crippen molar-refractivity contribution in [2.75, 3.05) is 0 Å². The summed E-state index contributed by atoms with van der Waals surface area (Å²) >= 11 is 0. The van der Waals surface area contributed by atoms with Gasteiger partial charge in [-0.1, -0.05) is 146 Å². The molecule has 0 saturated carbocycles. The van der Waals surface area contributed by atoms with Gasteiger partial charge in [0.05, 0.1) is 22.8 Å². The Morgan fingerprint density at radius 1 is 0.288 bits per heavy atom. The maximum atomic E-state index is 5.93. The van der Waals surface area contributed by atoms with Crippen LogP contribution in [0, 0.1) is 41.5 Å². The zero-order valence-corrected chi connectivity index (χ0v) is 30.6. The summed E-state index contributed by atoms with van der Waals surface area (Å²) in [5, 5.41) is 0. The van der Waals surface area contributed by atoms with Crippen LogP contribution in [0.25, 0.3) is 0 Å². The molecule has 4 heteroatoms. The van der Waals surface area contributed by atoms with Crippen molar-refractivity contribution in [1.29, 1.82) is 0 Å². The molecule has 52 heavy (non-hydrogen) atoms. The molecule has 2 heterocycles. The van der Waals surface area contributed by atoms with Crippen LogP contribution in [0.4, 0.5) is 0 Å². The molecule has 2 aliphatic heterocycles. The first kappa shape index (κ1) is 33.2. The van der Waals surface area contributed by atoms with E-state index in [0.29, 0.717) is 0 Å². The fourth-order valence-electron chi connectivity index (χ4n) is 7.70. The van der Waals surface area contributed by atoms with Crippen molar-refractivity contribution in [3.63, 3.8) is 0 Å². The molecule has 0 spiro atoms. The Labute approximate surface area is 307 Å². The van der Waals surface area contributed by atoms with E-state index in [1.807, 2.05) is 24.3 Å². The lowest BCUT2D eigenvalue weighted by Gasteiger charge is -2.40. The number of hydrogen-bond acceptors (Lipinski definition) is 4. The summed E-state index contributed by atoms with van der Waals surface area (Å²) in [4.78, 5) is 23.7. The maximum absolute atomic E-state index is 5.93. The first-order valence-electron chi connectivity index (χ1n) is 18.0. The van der Waals surface area contributed by atoms with E-state index in [-0.39, 0.29) is 0 Å². The van der Waals surface area contributed by atoms with Crippen LogP contribution in [0.5, 0.6) is 0 Å². The normalized spacial score (nSPS) is 15.9. The van der Waals surface area contributed by atoms with Gasteiger partial charge < -0.3 is 0 Å². The average molecular weight is 675 g/mol. The standard InChI is InChI=1S/C48H42N4/c1-31-27-35(5)41(29-33(31)3)47(49-43(37-19-11-7-12-20-37)44(50-47)38-21-13-8-14-22-38)48(42-30-34(4)32(2)28-36(42)6)51-45(39-23-15-9-16-24-39)46(52-48)40-25-17-10-18-26-40/h7-30H,1-6H3. The van der Waals surface area contributed by atoms with Crippen LogP contribution in [0.1, 0.15) is 66.8 Å². The highest BCUT2D eigenvalue weighted by molar-refractivity contribution is 6.55. The van der Waals surface area contributed by atoms with Crippen molar-refractivity contribution < 1.29 is 0 Å². The second kappa shape index (κ2) is 13.0. The lowest BCUT2D eigenvalue weighted by atomic mass is 9.77. The molecule has 6 aromatic rings. The molecule has 4 nitrogen and oxygen atoms in total. The van der Waals surface area contributed by atoms with Crippen molar-refractivity contribution in [2.24, 2.45) is 20.0 Å². The fourth-order valence-corrected chi connectivity index (χ4v) is 7.70. The predicted octanol–water partition coefficient (Wildman–Crippen LogP) is 10.5. The number of hydrogen-bond donors (Lipinski definition) is 0. The minimum absolute atomic E-state index is 0.824. The third-order valence-electron chi connectivity index (χ3n) is 10.7. The van der Waals surface area contributed by atoms with E-state index in [9.17, 15) is 0 Å². The van der Waals surface area contributed by atoms with Gasteiger partial charge in [-0.2, -0.15) is 0 Å². The van der Waals surface area contributed by atoms with Gasteiger partial charge in [-0.3, -0.25) is 0 Å². The predicted molar refractivity (Wildman–Crippen MR) is 217 cm³/mol. The molecule has 0 bridgehead atoms. The molecule has 0 N–H and O–H groups in total. The van der Waals surface area contributed by atoms with Gasteiger partial charge in [-0.25, -0.2) is 20.0 Å². The van der Waals surface area contributed by atoms with Gasteiger partial charge in [-0.15, -0.1) is 0 Å². The highest BCUT2D eigenvalue weighted by Gasteiger charge is 2.61. The molecule has 0 aromatic heterocycles. The highest BCUT2D eigenvalue weighted by Crippen LogP contribution is 2.56. The molecule has 0 fully saturated rings. The van der Waals surface area contributed by atoms with E-state index in [1.54, 1.807) is 0 Å². The first-order valence-corrected chi connectivity index (χ1v) is 18.0. The van der Waals surface area contributed by atoms with Crippen LogP contribution in [0.15, 0.2) is 166 Å². The molecule has 2 aliphatic rings. The summed E-state index contributed by atoms with van der Waals surface area (Å²) in [6.07, 6.45) is 0. The second-order valence-corrected chi connectivity index (χ2v) is 14.2. The van der Waals surface area contributed by atoms with Crippen molar-refractivity contribution >= 4 is 22.8 Å². The van der Waals surface area contributed by atoms with Crippen molar-refractivity contribution in [1.82, 2.24) is 0 Å². The van der Waals surface area contributed by atoms with E-state index >= 15 is 0 Å². The van der Waals surface area contributed by atoms with E-state index in [4.69, 9.17) is 20.0 Å². The maximum Gasteiger partial charge on any atom is 0.226 e. The van der Waals surface area contributed by atoms with Crippen LogP contribution in [-0.4, -0.2) is 22.8 Å². The third-order valence-corrected chi connectivity index (χ3v) is 10.7. The van der Waals surface area contributed by atoms with Crippen LogP contribution in [0.3, 0.4) is 0 Å². The van der Waals surface area contributed by atoms with Crippen molar-refractivity contribution in [3.8, 4) is 0 Å². The van der Waals surface area contributed by atoms with Gasteiger partial charge in [0.15, 0.2) is 0 Å². The Balaban J connectivity index is 1.60. The Morgan fingerprint density at radius 2 is 0.519 bits per heavy atom. The van der Waals surface area contributed by atoms with Gasteiger partial charge in [0.2, 0.25) is 11.3 Å². The Bertz CT molecular complexity index is 2150. The number of rotatable bonds is 7. The lowest BCUT2D eigenvalue weighted by molar-refractivity contribution is 0.254. The zero-order chi connectivity index (χ0) is 36.0. The summed E-state index contributed by atoms with van der Waals surface area (Å²) in [7, 11) is 0. The van der Waals surface area contributed by atoms with E-state index in [2.05, 4.69) is 163 Å². The molecule has 254 valence electrons. The molecule has 0 unspecified atom stereocenters. The highest BCUT2D eigenvalue weighted by atomic mass is 15.3. The van der Waals surface area contributed by atoms with Gasteiger partial charge in [-0.05, 0) is 74.9 Å². The van der Waals surface area contributed by atoms with Gasteiger partial charge >= 0.3 is 0 Å². The van der Waals surface area contributed by atoms with E-state index < -0.39 is 11.3 Å². The Morgan fingerprint density at radius 3 is 0.769 bits per heavy atom. The molecule has 0 amide bonds. The van der Waals surface area contributed by atoms with Gasteiger partial charge in [0.25, 0.3) is 0 Å². The molecule has 8 rings (SSSR count). The average Bonchev–Trinajstić information content (AvgIpc) is 3.79. The smallest absolute Gasteiger partial charge is 0.226 e. The number of aryl methyl sites for hydroxylation is 6. The third kappa shape index (κ3) is 5.38. The van der Waals surface area contributed by atoms with E-state index in [0.717, 1.165) is 67.4 Å². The minimum atomic E-state index is -1.31. The van der Waals surface area contributed by atoms with Crippen molar-refractivity contribution in [3.05, 3.63) is 212 Å². The quantitative estimate of drug-likeness (QED) is 0.162. The zero-order valence-electron chi connectivity index (χ0n) is 30.6. The lowest BCUT2D eigenvalue weighted by Crippen LogP contribution is -2.44. The molecule has 6 aromatic carbocycles. The number of nitrogens with zero attached hydrogens (tertiary/aromatic N) is 4. The molecular weight excluding hydrogens is 633 g/mol. The first-order chi connectivity index (χ1) is 25.2. The monoisotopic (exact) mass is 674 g/mol. The Kier molecular flexibility index (Phi) is 8.26. The summed E-state index contributed by atoms with van der Waals surface area (Å²) in [5.74, 6) is 0. The van der Waals surface area contributed by atoms with E-state index in [1.165, 1.54) is 22.3 Å². The van der Waals surface area contributed by atoms with Crippen LogP contribution >= 0.6 is 0 Å².